The Hall–Kier alpha value is -3.17. The van der Waals surface area contributed by atoms with Crippen molar-refractivity contribution >= 4 is 11.7 Å². The average molecular weight is 387 g/mol. The Morgan fingerprint density at radius 1 is 1.34 bits per heavy atom. The van der Waals surface area contributed by atoms with Gasteiger partial charge >= 0.3 is 5.97 Å². The number of dihydropyridines is 1. The number of cyclic esters (lactones) is 1. The van der Waals surface area contributed by atoms with Crippen molar-refractivity contribution in [1.82, 2.24) is 9.47 Å². The normalized spacial score (nSPS) is 23.8. The Morgan fingerprint density at radius 3 is 2.97 bits per heavy atom. The smallest absolute Gasteiger partial charge is 0.310 e. The van der Waals surface area contributed by atoms with Gasteiger partial charge in [-0.2, -0.15) is 0 Å². The predicted octanol–water partition coefficient (Wildman–Crippen LogP) is 1.38. The summed E-state index contributed by atoms with van der Waals surface area (Å²) < 4.78 is 6.83. The molecule has 0 amide bonds. The van der Waals surface area contributed by atoms with Gasteiger partial charge in [0.15, 0.2) is 0 Å². The summed E-state index contributed by atoms with van der Waals surface area (Å²) in [6, 6.07) is 1.93. The molecule has 29 heavy (non-hydrogen) atoms. The second-order valence-electron chi connectivity index (χ2n) is 8.24. The molecule has 1 aromatic heterocycles. The van der Waals surface area contributed by atoms with E-state index in [0.717, 1.165) is 40.2 Å². The number of hydrogen-bond acceptors (Lipinski definition) is 5. The van der Waals surface area contributed by atoms with Gasteiger partial charge in [0.2, 0.25) is 0 Å². The van der Waals surface area contributed by atoms with Crippen LogP contribution in [0.4, 0.5) is 0 Å². The monoisotopic (exact) mass is 387 g/mol. The third-order valence-electron chi connectivity index (χ3n) is 5.77. The van der Waals surface area contributed by atoms with E-state index in [2.05, 4.69) is 28.9 Å². The van der Waals surface area contributed by atoms with E-state index in [1.807, 2.05) is 33.2 Å². The number of fused-ring (bicyclic) bond motifs is 5. The first kappa shape index (κ1) is 17.9. The summed E-state index contributed by atoms with van der Waals surface area (Å²) in [5.74, 6) is 6.09. The van der Waals surface area contributed by atoms with E-state index >= 15 is 0 Å². The van der Waals surface area contributed by atoms with E-state index in [4.69, 9.17) is 9.73 Å². The Balaban J connectivity index is 1.70. The highest BCUT2D eigenvalue weighted by Crippen LogP contribution is 2.37. The number of likely N-dealkylation sites (N-methyl/N-ethyl adjacent to an activating group) is 1. The summed E-state index contributed by atoms with van der Waals surface area (Å²) in [4.78, 5) is 31.9. The van der Waals surface area contributed by atoms with Crippen molar-refractivity contribution in [2.75, 3.05) is 20.6 Å². The first-order valence-electron chi connectivity index (χ1n) is 9.66. The predicted molar refractivity (Wildman–Crippen MR) is 110 cm³/mol. The number of nitrogens with zero attached hydrogens (tertiary/aromatic N) is 3. The number of ether oxygens (including phenoxy) is 1. The standard InChI is InChI=1S/C23H21N3O3/c1-23-7-5-4-6-14(11-25(2)3)18(23)8-16-12-26-19(21(16)24-23)9-15-10-20(27)29-13-17(15)22(26)28/h4,6,8-9H,10-13H2,1-3H3. The van der Waals surface area contributed by atoms with E-state index < -0.39 is 5.54 Å². The Labute approximate surface area is 168 Å². The van der Waals surface area contributed by atoms with Crippen LogP contribution in [-0.4, -0.2) is 47.3 Å². The van der Waals surface area contributed by atoms with Crippen LogP contribution in [0.5, 0.6) is 0 Å². The van der Waals surface area contributed by atoms with Gasteiger partial charge in [-0.05, 0) is 67.6 Å². The fourth-order valence-corrected chi connectivity index (χ4v) is 4.41. The molecule has 0 aromatic carbocycles. The summed E-state index contributed by atoms with van der Waals surface area (Å²) >= 11 is 0. The van der Waals surface area contributed by atoms with Gasteiger partial charge in [0, 0.05) is 6.54 Å². The first-order chi connectivity index (χ1) is 13.9. The molecule has 6 nitrogen and oxygen atoms in total. The lowest BCUT2D eigenvalue weighted by atomic mass is 9.84. The minimum Gasteiger partial charge on any atom is -0.460 e. The Bertz CT molecular complexity index is 1210. The molecule has 0 saturated carbocycles. The maximum absolute atomic E-state index is 13.0. The van der Waals surface area contributed by atoms with E-state index in [1.165, 1.54) is 0 Å². The minimum absolute atomic E-state index is 0.0466. The minimum atomic E-state index is -0.673. The van der Waals surface area contributed by atoms with Gasteiger partial charge < -0.3 is 14.2 Å². The van der Waals surface area contributed by atoms with Crippen molar-refractivity contribution < 1.29 is 9.53 Å². The van der Waals surface area contributed by atoms with Crippen LogP contribution in [0.15, 0.2) is 50.8 Å². The highest BCUT2D eigenvalue weighted by Gasteiger charge is 2.38. The zero-order chi connectivity index (χ0) is 20.3. The highest BCUT2D eigenvalue weighted by molar-refractivity contribution is 6.15. The highest BCUT2D eigenvalue weighted by atomic mass is 16.5. The number of carbonyl (C=O) groups is 1. The maximum atomic E-state index is 13.0. The number of rotatable bonds is 2. The van der Waals surface area contributed by atoms with Crippen molar-refractivity contribution in [2.45, 2.75) is 32.0 Å². The quantitative estimate of drug-likeness (QED) is 0.568. The number of aromatic nitrogens is 1. The van der Waals surface area contributed by atoms with Crippen molar-refractivity contribution in [3.63, 3.8) is 0 Å². The molecule has 0 bridgehead atoms. The van der Waals surface area contributed by atoms with Crippen molar-refractivity contribution in [3.8, 4) is 11.8 Å². The summed E-state index contributed by atoms with van der Waals surface area (Å²) in [6.45, 7) is 3.32. The van der Waals surface area contributed by atoms with Crippen LogP contribution in [0.25, 0.3) is 0 Å². The lowest BCUT2D eigenvalue weighted by Crippen LogP contribution is -2.31. The van der Waals surface area contributed by atoms with Gasteiger partial charge in [-0.1, -0.05) is 11.8 Å². The molecule has 1 atom stereocenters. The number of esters is 1. The molecular weight excluding hydrogens is 366 g/mol. The maximum Gasteiger partial charge on any atom is 0.310 e. The third-order valence-corrected chi connectivity index (χ3v) is 5.77. The topological polar surface area (TPSA) is 63.9 Å². The molecule has 0 saturated heterocycles. The lowest BCUT2D eigenvalue weighted by molar-refractivity contribution is -0.145. The van der Waals surface area contributed by atoms with Crippen molar-refractivity contribution in [1.29, 1.82) is 0 Å². The summed E-state index contributed by atoms with van der Waals surface area (Å²) in [6.07, 6.45) is 6.22. The molecule has 0 fully saturated rings. The number of aliphatic imine (C=N–C) groups is 1. The van der Waals surface area contributed by atoms with Gasteiger partial charge in [0.25, 0.3) is 5.56 Å². The molecule has 3 aliphatic heterocycles. The number of carbonyl (C=O) groups excluding carboxylic acids is 1. The molecule has 1 unspecified atom stereocenters. The van der Waals surface area contributed by atoms with Crippen LogP contribution >= 0.6 is 0 Å². The molecule has 4 heterocycles. The molecule has 4 aliphatic rings. The van der Waals surface area contributed by atoms with Crippen LogP contribution in [0.1, 0.15) is 23.7 Å². The fourth-order valence-electron chi connectivity index (χ4n) is 4.41. The summed E-state index contributed by atoms with van der Waals surface area (Å²) in [7, 11) is 4.07. The molecule has 0 N–H and O–H groups in total. The molecule has 5 rings (SSSR count). The Kier molecular flexibility index (Phi) is 3.80. The lowest BCUT2D eigenvalue weighted by Gasteiger charge is -2.28. The second-order valence-corrected chi connectivity index (χ2v) is 8.24. The fraction of sp³-hybridized carbons (Fsp3) is 0.348. The molecule has 1 aliphatic carbocycles. The zero-order valence-electron chi connectivity index (χ0n) is 16.7. The van der Waals surface area contributed by atoms with Crippen LogP contribution in [0, 0.1) is 11.8 Å². The number of allylic oxidation sites excluding steroid dienone is 2. The number of hydrogen-bond donors (Lipinski definition) is 0. The van der Waals surface area contributed by atoms with E-state index in [-0.39, 0.29) is 24.6 Å². The summed E-state index contributed by atoms with van der Waals surface area (Å²) in [5, 5.41) is 0. The summed E-state index contributed by atoms with van der Waals surface area (Å²) in [5.41, 5.74) is 5.37. The van der Waals surface area contributed by atoms with Gasteiger partial charge in [0.1, 0.15) is 12.1 Å². The van der Waals surface area contributed by atoms with Gasteiger partial charge in [0.05, 0.1) is 29.9 Å². The molecule has 0 radical (unpaired) electrons. The average Bonchev–Trinajstić information content (AvgIpc) is 2.92. The van der Waals surface area contributed by atoms with Crippen molar-refractivity contribution in [2.24, 2.45) is 4.99 Å². The van der Waals surface area contributed by atoms with Crippen molar-refractivity contribution in [3.05, 3.63) is 68.2 Å². The third kappa shape index (κ3) is 2.73. The van der Waals surface area contributed by atoms with E-state index in [1.54, 1.807) is 4.57 Å². The van der Waals surface area contributed by atoms with Gasteiger partial charge in [-0.3, -0.25) is 14.6 Å². The zero-order valence-corrected chi connectivity index (χ0v) is 16.7. The Morgan fingerprint density at radius 2 is 2.17 bits per heavy atom. The molecule has 146 valence electrons. The largest absolute Gasteiger partial charge is 0.460 e. The first-order valence-corrected chi connectivity index (χ1v) is 9.66. The molecule has 6 heteroatoms. The van der Waals surface area contributed by atoms with Crippen LogP contribution < -0.4 is 5.56 Å². The van der Waals surface area contributed by atoms with Crippen LogP contribution in [-0.2, 0) is 29.1 Å². The van der Waals surface area contributed by atoms with Crippen LogP contribution in [0.2, 0.25) is 0 Å². The number of pyridine rings is 1. The second kappa shape index (κ2) is 6.16. The molecule has 1 aromatic rings. The van der Waals surface area contributed by atoms with E-state index in [9.17, 15) is 9.59 Å². The van der Waals surface area contributed by atoms with Gasteiger partial charge in [-0.25, -0.2) is 0 Å². The SMILES string of the molecule is CN(C)CC1=C2C=C3Cn4c(cc5c(c4=O)COC(=O)C5)C3=NC2(C)C#CC=C1. The van der Waals surface area contributed by atoms with Gasteiger partial charge in [-0.15, -0.1) is 0 Å². The molecular formula is C23H21N3O3. The van der Waals surface area contributed by atoms with E-state index in [0.29, 0.717) is 12.1 Å². The molecule has 0 spiro atoms. The van der Waals surface area contributed by atoms with Crippen LogP contribution in [0.3, 0.4) is 0 Å².